The summed E-state index contributed by atoms with van der Waals surface area (Å²) in [6.45, 7) is 3.29. The molecule has 0 unspecified atom stereocenters. The summed E-state index contributed by atoms with van der Waals surface area (Å²) in [4.78, 5) is 13.4. The first kappa shape index (κ1) is 7.14. The first-order valence-electron chi connectivity index (χ1n) is 4.58. The number of rotatable bonds is 0. The van der Waals surface area contributed by atoms with Gasteiger partial charge in [0.15, 0.2) is 0 Å². The van der Waals surface area contributed by atoms with Gasteiger partial charge in [-0.2, -0.15) is 0 Å². The van der Waals surface area contributed by atoms with Crippen LogP contribution in [0, 0.1) is 5.92 Å². The summed E-state index contributed by atoms with van der Waals surface area (Å²) in [6, 6.07) is 0.594. The van der Waals surface area contributed by atoms with Crippen molar-refractivity contribution >= 4 is 5.91 Å². The lowest BCUT2D eigenvalue weighted by molar-refractivity contribution is -0.130. The highest BCUT2D eigenvalue weighted by atomic mass is 16.2. The van der Waals surface area contributed by atoms with Gasteiger partial charge in [-0.15, -0.1) is 0 Å². The Kier molecular flexibility index (Phi) is 1.63. The average molecular weight is 153 g/mol. The second kappa shape index (κ2) is 2.50. The molecule has 2 saturated heterocycles. The fourth-order valence-electron chi connectivity index (χ4n) is 2.41. The number of carbonyl (C=O) groups excluding carboxylic acids is 1. The van der Waals surface area contributed by atoms with E-state index in [2.05, 4.69) is 11.8 Å². The molecule has 2 aliphatic heterocycles. The van der Waals surface area contributed by atoms with Crippen molar-refractivity contribution < 1.29 is 4.79 Å². The van der Waals surface area contributed by atoms with E-state index in [4.69, 9.17) is 0 Å². The summed E-state index contributed by atoms with van der Waals surface area (Å²) in [5, 5.41) is 0. The van der Waals surface area contributed by atoms with Crippen molar-refractivity contribution in [2.24, 2.45) is 5.92 Å². The maximum absolute atomic E-state index is 11.3. The third-order valence-electron chi connectivity index (χ3n) is 3.09. The van der Waals surface area contributed by atoms with E-state index in [0.717, 1.165) is 25.3 Å². The predicted octanol–water partition coefficient (Wildman–Crippen LogP) is 1.41. The quantitative estimate of drug-likeness (QED) is 0.515. The Morgan fingerprint density at radius 2 is 2.27 bits per heavy atom. The SMILES string of the molecule is C[C@H]1CCCN2C(=O)CC[C@H]12. The molecule has 2 fully saturated rings. The number of nitrogens with zero attached hydrogens (tertiary/aromatic N) is 1. The lowest BCUT2D eigenvalue weighted by Crippen LogP contribution is -2.41. The Hall–Kier alpha value is -0.530. The van der Waals surface area contributed by atoms with Crippen molar-refractivity contribution in [3.8, 4) is 0 Å². The van der Waals surface area contributed by atoms with Crippen LogP contribution in [0.3, 0.4) is 0 Å². The molecule has 11 heavy (non-hydrogen) atoms. The molecule has 0 aromatic heterocycles. The molecule has 0 saturated carbocycles. The van der Waals surface area contributed by atoms with Crippen LogP contribution in [0.1, 0.15) is 32.6 Å². The van der Waals surface area contributed by atoms with Gasteiger partial charge in [-0.05, 0) is 25.2 Å². The zero-order chi connectivity index (χ0) is 7.84. The van der Waals surface area contributed by atoms with Crippen LogP contribution in [0.15, 0.2) is 0 Å². The monoisotopic (exact) mass is 153 g/mol. The molecule has 1 amide bonds. The number of fused-ring (bicyclic) bond motifs is 1. The number of hydrogen-bond donors (Lipinski definition) is 0. The largest absolute Gasteiger partial charge is 0.339 e. The minimum absolute atomic E-state index is 0.390. The lowest BCUT2D eigenvalue weighted by Gasteiger charge is -2.34. The third-order valence-corrected chi connectivity index (χ3v) is 3.09. The van der Waals surface area contributed by atoms with E-state index in [9.17, 15) is 4.79 Å². The van der Waals surface area contributed by atoms with E-state index in [1.165, 1.54) is 12.8 Å². The van der Waals surface area contributed by atoms with Gasteiger partial charge in [0, 0.05) is 19.0 Å². The topological polar surface area (TPSA) is 20.3 Å². The molecule has 2 rings (SSSR count). The number of carbonyl (C=O) groups is 1. The summed E-state index contributed by atoms with van der Waals surface area (Å²) in [7, 11) is 0. The smallest absolute Gasteiger partial charge is 0.222 e. The molecule has 2 atom stereocenters. The summed E-state index contributed by atoms with van der Waals surface area (Å²) < 4.78 is 0. The van der Waals surface area contributed by atoms with E-state index in [-0.39, 0.29) is 0 Å². The molecule has 0 N–H and O–H groups in total. The van der Waals surface area contributed by atoms with Gasteiger partial charge in [-0.1, -0.05) is 6.92 Å². The summed E-state index contributed by atoms with van der Waals surface area (Å²) >= 11 is 0. The van der Waals surface area contributed by atoms with E-state index >= 15 is 0 Å². The predicted molar refractivity (Wildman–Crippen MR) is 43.1 cm³/mol. The Balaban J connectivity index is 2.12. The van der Waals surface area contributed by atoms with Crippen molar-refractivity contribution in [1.82, 2.24) is 4.90 Å². The Morgan fingerprint density at radius 3 is 3.00 bits per heavy atom. The molecule has 2 heteroatoms. The Morgan fingerprint density at radius 1 is 1.45 bits per heavy atom. The second-order valence-electron chi connectivity index (χ2n) is 3.81. The van der Waals surface area contributed by atoms with Crippen molar-refractivity contribution in [2.75, 3.05) is 6.54 Å². The van der Waals surface area contributed by atoms with Gasteiger partial charge in [0.05, 0.1) is 0 Å². The Bertz CT molecular complexity index is 178. The highest BCUT2D eigenvalue weighted by Crippen LogP contribution is 2.31. The molecular weight excluding hydrogens is 138 g/mol. The number of piperidine rings is 1. The fraction of sp³-hybridized carbons (Fsp3) is 0.889. The molecule has 62 valence electrons. The van der Waals surface area contributed by atoms with E-state index in [1.807, 2.05) is 0 Å². The van der Waals surface area contributed by atoms with Gasteiger partial charge in [0.2, 0.25) is 5.91 Å². The minimum Gasteiger partial charge on any atom is -0.339 e. The van der Waals surface area contributed by atoms with Gasteiger partial charge < -0.3 is 4.90 Å². The first-order valence-corrected chi connectivity index (χ1v) is 4.58. The average Bonchev–Trinajstić information content (AvgIpc) is 2.35. The van der Waals surface area contributed by atoms with Gasteiger partial charge in [-0.25, -0.2) is 0 Å². The number of hydrogen-bond acceptors (Lipinski definition) is 1. The molecule has 2 aliphatic rings. The van der Waals surface area contributed by atoms with E-state index < -0.39 is 0 Å². The zero-order valence-electron chi connectivity index (χ0n) is 7.05. The highest BCUT2D eigenvalue weighted by molar-refractivity contribution is 5.78. The Labute approximate surface area is 67.6 Å². The van der Waals surface area contributed by atoms with Crippen LogP contribution in [0.4, 0.5) is 0 Å². The van der Waals surface area contributed by atoms with Crippen LogP contribution in [-0.2, 0) is 4.79 Å². The fourth-order valence-corrected chi connectivity index (χ4v) is 2.41. The standard InChI is InChI=1S/C9H15NO/c1-7-3-2-6-10-8(7)4-5-9(10)11/h7-8H,2-6H2,1H3/t7-,8+/m0/s1. The molecule has 2 heterocycles. The van der Waals surface area contributed by atoms with Crippen molar-refractivity contribution in [3.63, 3.8) is 0 Å². The van der Waals surface area contributed by atoms with Crippen LogP contribution >= 0.6 is 0 Å². The zero-order valence-corrected chi connectivity index (χ0v) is 7.05. The second-order valence-corrected chi connectivity index (χ2v) is 3.81. The van der Waals surface area contributed by atoms with Gasteiger partial charge >= 0.3 is 0 Å². The van der Waals surface area contributed by atoms with Crippen molar-refractivity contribution in [2.45, 2.75) is 38.6 Å². The maximum Gasteiger partial charge on any atom is 0.222 e. The molecule has 0 radical (unpaired) electrons. The van der Waals surface area contributed by atoms with Gasteiger partial charge in [-0.3, -0.25) is 4.79 Å². The van der Waals surface area contributed by atoms with Crippen LogP contribution in [0.5, 0.6) is 0 Å². The van der Waals surface area contributed by atoms with Crippen LogP contribution in [0.25, 0.3) is 0 Å². The highest BCUT2D eigenvalue weighted by Gasteiger charge is 2.36. The first-order chi connectivity index (χ1) is 5.29. The summed E-state index contributed by atoms with van der Waals surface area (Å²) in [5.74, 6) is 1.14. The number of amides is 1. The van der Waals surface area contributed by atoms with Crippen molar-refractivity contribution in [1.29, 1.82) is 0 Å². The molecule has 0 aromatic carbocycles. The van der Waals surface area contributed by atoms with Gasteiger partial charge in [0.25, 0.3) is 0 Å². The van der Waals surface area contributed by atoms with E-state index in [0.29, 0.717) is 11.9 Å². The van der Waals surface area contributed by atoms with Crippen LogP contribution in [-0.4, -0.2) is 23.4 Å². The molecule has 0 bridgehead atoms. The maximum atomic E-state index is 11.3. The lowest BCUT2D eigenvalue weighted by atomic mass is 9.91. The molecule has 0 aromatic rings. The summed E-state index contributed by atoms with van der Waals surface area (Å²) in [6.07, 6.45) is 4.44. The third kappa shape index (κ3) is 1.05. The minimum atomic E-state index is 0.390. The molecule has 0 aliphatic carbocycles. The van der Waals surface area contributed by atoms with Crippen molar-refractivity contribution in [3.05, 3.63) is 0 Å². The molecule has 2 nitrogen and oxygen atoms in total. The van der Waals surface area contributed by atoms with Crippen LogP contribution < -0.4 is 0 Å². The summed E-state index contributed by atoms with van der Waals surface area (Å²) in [5.41, 5.74) is 0. The normalized spacial score (nSPS) is 37.5. The molecule has 0 spiro atoms. The molecular formula is C9H15NO. The van der Waals surface area contributed by atoms with Gasteiger partial charge in [0.1, 0.15) is 0 Å². The van der Waals surface area contributed by atoms with E-state index in [1.54, 1.807) is 0 Å². The van der Waals surface area contributed by atoms with Crippen LogP contribution in [0.2, 0.25) is 0 Å².